The van der Waals surface area contributed by atoms with E-state index in [1.165, 1.54) is 6.07 Å². The minimum Gasteiger partial charge on any atom is -0.497 e. The molecular weight excluding hydrogens is 486 g/mol. The second kappa shape index (κ2) is 12.3. The summed E-state index contributed by atoms with van der Waals surface area (Å²) in [7, 11) is 3.22. The second-order valence-electron chi connectivity index (χ2n) is 6.36. The van der Waals surface area contributed by atoms with Crippen LogP contribution in [-0.4, -0.2) is 39.1 Å². The van der Waals surface area contributed by atoms with E-state index in [2.05, 4.69) is 20.9 Å². The Morgan fingerprint density at radius 1 is 1.17 bits per heavy atom. The van der Waals surface area contributed by atoms with E-state index in [0.29, 0.717) is 35.9 Å². The predicted octanol–water partition coefficient (Wildman–Crippen LogP) is 3.42. The summed E-state index contributed by atoms with van der Waals surface area (Å²) in [6, 6.07) is 12.0. The number of amides is 1. The zero-order valence-corrected chi connectivity index (χ0v) is 19.4. The Balaban J connectivity index is 0.00000420. The van der Waals surface area contributed by atoms with Crippen molar-refractivity contribution in [1.82, 2.24) is 16.0 Å². The van der Waals surface area contributed by atoms with Gasteiger partial charge in [0.2, 0.25) is 0 Å². The van der Waals surface area contributed by atoms with Gasteiger partial charge in [0, 0.05) is 25.7 Å². The maximum atomic E-state index is 13.7. The maximum absolute atomic E-state index is 13.7. The number of carbonyl (C=O) groups is 1. The summed E-state index contributed by atoms with van der Waals surface area (Å²) in [6.07, 6.45) is 0. The molecule has 6 nitrogen and oxygen atoms in total. The molecule has 1 unspecified atom stereocenters. The molecule has 0 radical (unpaired) electrons. The first kappa shape index (κ1) is 24.7. The van der Waals surface area contributed by atoms with Gasteiger partial charge in [-0.15, -0.1) is 24.0 Å². The van der Waals surface area contributed by atoms with Gasteiger partial charge in [0.25, 0.3) is 5.91 Å². The van der Waals surface area contributed by atoms with Gasteiger partial charge in [0.1, 0.15) is 11.6 Å². The monoisotopic (exact) mass is 514 g/mol. The Hall–Kier alpha value is -2.36. The lowest BCUT2D eigenvalue weighted by atomic mass is 10.1. The standard InChI is InChI=1S/C21H27FN4O2.HI/c1-14-8-9-16(13-19(14)22)15(2)26-21(23-3)25-11-10-24-20(27)17-6-5-7-18(12-17)28-4;/h5-9,12-13,15H,10-11H2,1-4H3,(H,24,27)(H2,23,25,26);1H. The number of methoxy groups -OCH3 is 1. The van der Waals surface area contributed by atoms with Gasteiger partial charge in [0.15, 0.2) is 5.96 Å². The van der Waals surface area contributed by atoms with E-state index in [1.807, 2.05) is 13.0 Å². The van der Waals surface area contributed by atoms with E-state index in [-0.39, 0.29) is 41.7 Å². The van der Waals surface area contributed by atoms with Crippen molar-refractivity contribution in [3.05, 3.63) is 65.0 Å². The molecule has 158 valence electrons. The van der Waals surface area contributed by atoms with Crippen molar-refractivity contribution in [3.63, 3.8) is 0 Å². The fourth-order valence-electron chi connectivity index (χ4n) is 2.58. The number of hydrogen-bond acceptors (Lipinski definition) is 3. The lowest BCUT2D eigenvalue weighted by molar-refractivity contribution is 0.0954. The van der Waals surface area contributed by atoms with E-state index >= 15 is 0 Å². The minimum atomic E-state index is -0.227. The highest BCUT2D eigenvalue weighted by Crippen LogP contribution is 2.16. The number of carbonyl (C=O) groups excluding carboxylic acids is 1. The smallest absolute Gasteiger partial charge is 0.251 e. The average Bonchev–Trinajstić information content (AvgIpc) is 2.71. The molecule has 2 rings (SSSR count). The average molecular weight is 514 g/mol. The maximum Gasteiger partial charge on any atom is 0.251 e. The van der Waals surface area contributed by atoms with Gasteiger partial charge in [-0.3, -0.25) is 9.79 Å². The van der Waals surface area contributed by atoms with Gasteiger partial charge in [-0.05, 0) is 49.2 Å². The Labute approximate surface area is 188 Å². The van der Waals surface area contributed by atoms with Crippen LogP contribution in [0.15, 0.2) is 47.5 Å². The zero-order valence-electron chi connectivity index (χ0n) is 17.1. The number of rotatable bonds is 7. The third kappa shape index (κ3) is 7.52. The normalized spacial score (nSPS) is 11.8. The lowest BCUT2D eigenvalue weighted by Crippen LogP contribution is -2.42. The highest BCUT2D eigenvalue weighted by atomic mass is 127. The molecule has 0 heterocycles. The highest BCUT2D eigenvalue weighted by Gasteiger charge is 2.10. The molecule has 1 atom stereocenters. The molecule has 0 saturated carbocycles. The van der Waals surface area contributed by atoms with Crippen LogP contribution in [0.2, 0.25) is 0 Å². The van der Waals surface area contributed by atoms with Gasteiger partial charge in [-0.2, -0.15) is 0 Å². The molecule has 0 aliphatic rings. The largest absolute Gasteiger partial charge is 0.497 e. The van der Waals surface area contributed by atoms with Crippen LogP contribution in [0.4, 0.5) is 4.39 Å². The predicted molar refractivity (Wildman–Crippen MR) is 125 cm³/mol. The molecule has 0 bridgehead atoms. The van der Waals surface area contributed by atoms with Crippen LogP contribution in [0.1, 0.15) is 34.5 Å². The molecule has 0 saturated heterocycles. The summed E-state index contributed by atoms with van der Waals surface area (Å²) in [5.41, 5.74) is 1.99. The van der Waals surface area contributed by atoms with Crippen LogP contribution in [0.5, 0.6) is 5.75 Å². The molecule has 0 aromatic heterocycles. The van der Waals surface area contributed by atoms with Crippen molar-refractivity contribution in [2.45, 2.75) is 19.9 Å². The summed E-state index contributed by atoms with van der Waals surface area (Å²) in [4.78, 5) is 16.3. The van der Waals surface area contributed by atoms with Crippen LogP contribution in [0.25, 0.3) is 0 Å². The summed E-state index contributed by atoms with van der Waals surface area (Å²) < 4.78 is 18.9. The summed E-state index contributed by atoms with van der Waals surface area (Å²) >= 11 is 0. The van der Waals surface area contributed by atoms with Crippen LogP contribution in [0.3, 0.4) is 0 Å². The molecule has 8 heteroatoms. The molecule has 2 aromatic rings. The van der Waals surface area contributed by atoms with Gasteiger partial charge >= 0.3 is 0 Å². The zero-order chi connectivity index (χ0) is 20.5. The van der Waals surface area contributed by atoms with Crippen molar-refractivity contribution in [2.75, 3.05) is 27.2 Å². The molecule has 0 fully saturated rings. The van der Waals surface area contributed by atoms with Crippen LogP contribution in [-0.2, 0) is 0 Å². The van der Waals surface area contributed by atoms with E-state index in [0.717, 1.165) is 5.56 Å². The molecule has 0 aliphatic carbocycles. The Morgan fingerprint density at radius 3 is 2.55 bits per heavy atom. The second-order valence-corrected chi connectivity index (χ2v) is 6.36. The summed E-state index contributed by atoms with van der Waals surface area (Å²) in [6.45, 7) is 4.58. The van der Waals surface area contributed by atoms with Gasteiger partial charge in [0.05, 0.1) is 13.2 Å². The SMILES string of the molecule is CN=C(NCCNC(=O)c1cccc(OC)c1)NC(C)c1ccc(C)c(F)c1.I. The van der Waals surface area contributed by atoms with Crippen LogP contribution in [0, 0.1) is 12.7 Å². The Morgan fingerprint density at radius 2 is 1.90 bits per heavy atom. The third-order valence-electron chi connectivity index (χ3n) is 4.31. The van der Waals surface area contributed by atoms with Crippen molar-refractivity contribution < 1.29 is 13.9 Å². The van der Waals surface area contributed by atoms with E-state index in [4.69, 9.17) is 4.74 Å². The van der Waals surface area contributed by atoms with Gasteiger partial charge in [-0.25, -0.2) is 4.39 Å². The number of guanidine groups is 1. The fourth-order valence-corrected chi connectivity index (χ4v) is 2.58. The molecule has 29 heavy (non-hydrogen) atoms. The van der Waals surface area contributed by atoms with Crippen LogP contribution >= 0.6 is 24.0 Å². The number of nitrogens with one attached hydrogen (secondary N) is 3. The molecular formula is C21H28FIN4O2. The number of aryl methyl sites for hydroxylation is 1. The number of hydrogen-bond donors (Lipinski definition) is 3. The fraction of sp³-hybridized carbons (Fsp3) is 0.333. The van der Waals surface area contributed by atoms with Crippen molar-refractivity contribution in [3.8, 4) is 5.75 Å². The first-order chi connectivity index (χ1) is 13.4. The number of benzene rings is 2. The quantitative estimate of drug-likeness (QED) is 0.229. The molecule has 1 amide bonds. The first-order valence-electron chi connectivity index (χ1n) is 9.10. The molecule has 0 aliphatic heterocycles. The summed E-state index contributed by atoms with van der Waals surface area (Å²) in [5.74, 6) is 0.808. The Kier molecular flexibility index (Phi) is 10.4. The lowest BCUT2D eigenvalue weighted by Gasteiger charge is -2.19. The number of ether oxygens (including phenoxy) is 1. The van der Waals surface area contributed by atoms with Gasteiger partial charge in [-0.1, -0.05) is 18.2 Å². The topological polar surface area (TPSA) is 74.8 Å². The summed E-state index contributed by atoms with van der Waals surface area (Å²) in [5, 5.41) is 9.18. The van der Waals surface area contributed by atoms with E-state index in [9.17, 15) is 9.18 Å². The van der Waals surface area contributed by atoms with Crippen molar-refractivity contribution >= 4 is 35.8 Å². The third-order valence-corrected chi connectivity index (χ3v) is 4.31. The van der Waals surface area contributed by atoms with E-state index in [1.54, 1.807) is 51.4 Å². The minimum absolute atomic E-state index is 0. The molecule has 2 aromatic carbocycles. The highest BCUT2D eigenvalue weighted by molar-refractivity contribution is 14.0. The number of aliphatic imine (C=N–C) groups is 1. The molecule has 3 N–H and O–H groups in total. The van der Waals surface area contributed by atoms with E-state index < -0.39 is 0 Å². The molecule has 0 spiro atoms. The Bertz CT molecular complexity index is 845. The van der Waals surface area contributed by atoms with Crippen molar-refractivity contribution in [2.24, 2.45) is 4.99 Å². The van der Waals surface area contributed by atoms with Gasteiger partial charge < -0.3 is 20.7 Å². The number of nitrogens with zero attached hydrogens (tertiary/aromatic N) is 1. The first-order valence-corrected chi connectivity index (χ1v) is 9.10. The van der Waals surface area contributed by atoms with Crippen molar-refractivity contribution in [1.29, 1.82) is 0 Å². The number of halogens is 2. The van der Waals surface area contributed by atoms with Crippen LogP contribution < -0.4 is 20.7 Å².